The molecule has 0 amide bonds. The Morgan fingerprint density at radius 2 is 2.00 bits per heavy atom. The first kappa shape index (κ1) is 19.8. The number of rotatable bonds is 4. The van der Waals surface area contributed by atoms with Gasteiger partial charge in [-0.1, -0.05) is 12.1 Å². The van der Waals surface area contributed by atoms with Crippen LogP contribution >= 0.6 is 24.0 Å². The third-order valence-corrected chi connectivity index (χ3v) is 3.48. The number of benzene rings is 1. The summed E-state index contributed by atoms with van der Waals surface area (Å²) < 4.78 is 0. The molecule has 0 saturated carbocycles. The molecule has 23 heavy (non-hydrogen) atoms. The van der Waals surface area contributed by atoms with E-state index in [1.807, 2.05) is 0 Å². The van der Waals surface area contributed by atoms with Crippen molar-refractivity contribution >= 4 is 40.8 Å². The van der Waals surface area contributed by atoms with Crippen molar-refractivity contribution in [2.75, 3.05) is 13.1 Å². The molecule has 0 atom stereocenters. The minimum absolute atomic E-state index is 0. The molecule has 0 radical (unpaired) electrons. The lowest BCUT2D eigenvalue weighted by Crippen LogP contribution is -2.47. The summed E-state index contributed by atoms with van der Waals surface area (Å²) in [5.74, 6) is 0.881. The summed E-state index contributed by atoms with van der Waals surface area (Å²) in [5.41, 5.74) is 3.87. The number of aliphatic imine (C=N–C) groups is 1. The minimum Gasteiger partial charge on any atom is -0.361 e. The van der Waals surface area contributed by atoms with Crippen LogP contribution in [0.1, 0.15) is 38.8 Å². The number of nitrogens with one attached hydrogen (secondary N) is 3. The van der Waals surface area contributed by atoms with Crippen LogP contribution < -0.4 is 10.6 Å². The molecule has 2 rings (SSSR count). The lowest BCUT2D eigenvalue weighted by atomic mass is 10.1. The fraction of sp³-hybridized carbons (Fsp3) is 0.500. The summed E-state index contributed by atoms with van der Waals surface area (Å²) in [6.45, 7) is 12.3. The second-order valence-corrected chi connectivity index (χ2v) is 6.70. The Kier molecular flexibility index (Phi) is 7.38. The van der Waals surface area contributed by atoms with Gasteiger partial charge in [0.25, 0.3) is 0 Å². The number of hydrogen-bond donors (Lipinski definition) is 3. The number of aryl methyl sites for hydroxylation is 1. The molecule has 0 fully saturated rings. The van der Waals surface area contributed by atoms with Crippen LogP contribution in [0.5, 0.6) is 0 Å². The predicted molar refractivity (Wildman–Crippen MR) is 111 cm³/mol. The number of guanidine groups is 1. The highest BCUT2D eigenvalue weighted by atomic mass is 127. The number of H-pyrrole nitrogens is 1. The second-order valence-electron chi connectivity index (χ2n) is 6.70. The smallest absolute Gasteiger partial charge is 0.191 e. The Bertz CT molecular complexity index is 653. The van der Waals surface area contributed by atoms with Gasteiger partial charge in [0.1, 0.15) is 0 Å². The van der Waals surface area contributed by atoms with Gasteiger partial charge in [-0.25, -0.2) is 0 Å². The molecule has 0 aliphatic carbocycles. The number of halogens is 1. The summed E-state index contributed by atoms with van der Waals surface area (Å²) in [6, 6.07) is 6.38. The zero-order valence-electron chi connectivity index (χ0n) is 14.8. The first-order chi connectivity index (χ1) is 10.4. The monoisotopic (exact) mass is 428 g/mol. The van der Waals surface area contributed by atoms with Crippen LogP contribution in [-0.2, 0) is 6.42 Å². The van der Waals surface area contributed by atoms with Gasteiger partial charge in [-0.15, -0.1) is 24.0 Å². The summed E-state index contributed by atoms with van der Waals surface area (Å²) >= 11 is 0. The molecule has 1 aromatic heterocycles. The van der Waals surface area contributed by atoms with E-state index in [-0.39, 0.29) is 29.5 Å². The topological polar surface area (TPSA) is 52.2 Å². The molecule has 0 aliphatic heterocycles. The van der Waals surface area contributed by atoms with Crippen molar-refractivity contribution in [1.82, 2.24) is 15.6 Å². The van der Waals surface area contributed by atoms with E-state index in [0.717, 1.165) is 25.5 Å². The van der Waals surface area contributed by atoms with Crippen LogP contribution in [0.15, 0.2) is 29.4 Å². The van der Waals surface area contributed by atoms with Gasteiger partial charge in [-0.2, -0.15) is 0 Å². The Balaban J connectivity index is 0.00000264. The van der Waals surface area contributed by atoms with E-state index in [1.165, 1.54) is 22.0 Å². The number of nitrogens with zero attached hydrogens (tertiary/aromatic N) is 1. The molecule has 0 bridgehead atoms. The van der Waals surface area contributed by atoms with Gasteiger partial charge in [0.2, 0.25) is 0 Å². The van der Waals surface area contributed by atoms with Crippen molar-refractivity contribution in [3.63, 3.8) is 0 Å². The Morgan fingerprint density at radius 1 is 1.26 bits per heavy atom. The predicted octanol–water partition coefficient (Wildman–Crippen LogP) is 3.99. The third kappa shape index (κ3) is 5.71. The van der Waals surface area contributed by atoms with Gasteiger partial charge in [-0.3, -0.25) is 4.99 Å². The average Bonchev–Trinajstić information content (AvgIpc) is 2.82. The largest absolute Gasteiger partial charge is 0.361 e. The molecule has 0 spiro atoms. The van der Waals surface area contributed by atoms with Crippen LogP contribution in [0.3, 0.4) is 0 Å². The normalized spacial score (nSPS) is 12.1. The van der Waals surface area contributed by atoms with Crippen molar-refractivity contribution in [3.05, 3.63) is 35.5 Å². The molecule has 4 nitrogen and oxygen atoms in total. The number of aromatic nitrogens is 1. The van der Waals surface area contributed by atoms with E-state index in [4.69, 9.17) is 4.99 Å². The van der Waals surface area contributed by atoms with Crippen LogP contribution in [0.25, 0.3) is 10.9 Å². The van der Waals surface area contributed by atoms with Crippen LogP contribution in [0, 0.1) is 6.92 Å². The van der Waals surface area contributed by atoms with E-state index in [1.54, 1.807) is 0 Å². The first-order valence-corrected chi connectivity index (χ1v) is 8.03. The maximum absolute atomic E-state index is 4.69. The Hall–Kier alpha value is -1.24. The summed E-state index contributed by atoms with van der Waals surface area (Å²) in [5, 5.41) is 8.06. The SMILES string of the molecule is CCNC(=NCCc1c[nH]c2cccc(C)c12)NC(C)(C)C.I. The summed E-state index contributed by atoms with van der Waals surface area (Å²) in [6.07, 6.45) is 3.04. The zero-order chi connectivity index (χ0) is 16.2. The van der Waals surface area contributed by atoms with Gasteiger partial charge >= 0.3 is 0 Å². The van der Waals surface area contributed by atoms with Gasteiger partial charge in [0, 0.05) is 35.7 Å². The molecular formula is C18H29IN4. The standard InChI is InChI=1S/C18H28N4.HI/c1-6-19-17(22-18(3,4)5)20-11-10-14-12-21-15-9-7-8-13(2)16(14)15;/h7-9,12,21H,6,10-11H2,1-5H3,(H2,19,20,22);1H. The van der Waals surface area contributed by atoms with Crippen molar-refractivity contribution < 1.29 is 0 Å². The van der Waals surface area contributed by atoms with E-state index in [2.05, 4.69) is 74.6 Å². The van der Waals surface area contributed by atoms with Crippen molar-refractivity contribution in [2.45, 2.75) is 46.6 Å². The average molecular weight is 428 g/mol. The molecule has 0 saturated heterocycles. The molecule has 0 unspecified atom stereocenters. The highest BCUT2D eigenvalue weighted by Crippen LogP contribution is 2.22. The first-order valence-electron chi connectivity index (χ1n) is 8.03. The molecule has 5 heteroatoms. The molecule has 2 aromatic rings. The van der Waals surface area contributed by atoms with E-state index < -0.39 is 0 Å². The van der Waals surface area contributed by atoms with Gasteiger partial charge in [0.15, 0.2) is 5.96 Å². The second kappa shape index (κ2) is 8.57. The van der Waals surface area contributed by atoms with Crippen molar-refractivity contribution in [3.8, 4) is 0 Å². The van der Waals surface area contributed by atoms with E-state index >= 15 is 0 Å². The zero-order valence-corrected chi connectivity index (χ0v) is 17.1. The van der Waals surface area contributed by atoms with Crippen LogP contribution in [-0.4, -0.2) is 29.6 Å². The van der Waals surface area contributed by atoms with Crippen LogP contribution in [0.4, 0.5) is 0 Å². The van der Waals surface area contributed by atoms with E-state index in [9.17, 15) is 0 Å². The van der Waals surface area contributed by atoms with E-state index in [0.29, 0.717) is 0 Å². The maximum atomic E-state index is 4.69. The minimum atomic E-state index is 0. The number of aromatic amines is 1. The molecule has 1 aromatic carbocycles. The van der Waals surface area contributed by atoms with Crippen molar-refractivity contribution in [1.29, 1.82) is 0 Å². The lowest BCUT2D eigenvalue weighted by Gasteiger charge is -2.23. The summed E-state index contributed by atoms with van der Waals surface area (Å²) in [7, 11) is 0. The third-order valence-electron chi connectivity index (χ3n) is 3.48. The number of fused-ring (bicyclic) bond motifs is 1. The maximum Gasteiger partial charge on any atom is 0.191 e. The molecular weight excluding hydrogens is 399 g/mol. The Morgan fingerprint density at radius 3 is 2.65 bits per heavy atom. The van der Waals surface area contributed by atoms with Gasteiger partial charge in [-0.05, 0) is 58.2 Å². The fourth-order valence-corrected chi connectivity index (χ4v) is 2.60. The number of hydrogen-bond acceptors (Lipinski definition) is 1. The quantitative estimate of drug-likeness (QED) is 0.392. The van der Waals surface area contributed by atoms with Gasteiger partial charge < -0.3 is 15.6 Å². The van der Waals surface area contributed by atoms with Crippen molar-refractivity contribution in [2.24, 2.45) is 4.99 Å². The summed E-state index contributed by atoms with van der Waals surface area (Å²) in [4.78, 5) is 8.04. The molecule has 128 valence electrons. The van der Waals surface area contributed by atoms with Crippen LogP contribution in [0.2, 0.25) is 0 Å². The highest BCUT2D eigenvalue weighted by molar-refractivity contribution is 14.0. The van der Waals surface area contributed by atoms with Gasteiger partial charge in [0.05, 0.1) is 0 Å². The highest BCUT2D eigenvalue weighted by Gasteiger charge is 2.11. The Labute approximate surface area is 156 Å². The fourth-order valence-electron chi connectivity index (χ4n) is 2.60. The molecule has 3 N–H and O–H groups in total. The molecule has 0 aliphatic rings. The lowest BCUT2D eigenvalue weighted by molar-refractivity contribution is 0.501. The molecule has 1 heterocycles.